The summed E-state index contributed by atoms with van der Waals surface area (Å²) in [6.45, 7) is 13.4. The molecule has 1 aromatic carbocycles. The Morgan fingerprint density at radius 1 is 1.25 bits per heavy atom. The first-order valence-corrected chi connectivity index (χ1v) is 10.5. The number of fused-ring (bicyclic) bond motifs is 1. The summed E-state index contributed by atoms with van der Waals surface area (Å²) in [5.74, 6) is 2.36. The van der Waals surface area contributed by atoms with E-state index in [1.54, 1.807) is 0 Å². The Balaban J connectivity index is 1.65. The van der Waals surface area contributed by atoms with Gasteiger partial charge in [-0.3, -0.25) is 9.89 Å². The van der Waals surface area contributed by atoms with Gasteiger partial charge in [-0.25, -0.2) is 0 Å². The molecule has 1 saturated heterocycles. The van der Waals surface area contributed by atoms with Crippen molar-refractivity contribution in [2.75, 3.05) is 39.9 Å². The van der Waals surface area contributed by atoms with Crippen molar-refractivity contribution in [3.05, 3.63) is 29.8 Å². The van der Waals surface area contributed by atoms with Crippen molar-refractivity contribution >= 4 is 5.96 Å². The van der Waals surface area contributed by atoms with Crippen LogP contribution in [0.15, 0.2) is 29.3 Å². The van der Waals surface area contributed by atoms with Gasteiger partial charge < -0.3 is 20.1 Å². The van der Waals surface area contributed by atoms with Crippen LogP contribution in [0.2, 0.25) is 0 Å². The number of aliphatic imine (C=N–C) groups is 1. The molecule has 28 heavy (non-hydrogen) atoms. The van der Waals surface area contributed by atoms with Crippen LogP contribution >= 0.6 is 0 Å². The minimum atomic E-state index is -0.209. The predicted molar refractivity (Wildman–Crippen MR) is 114 cm³/mol. The minimum absolute atomic E-state index is 0.173. The predicted octanol–water partition coefficient (Wildman–Crippen LogP) is 2.81. The molecule has 1 aromatic rings. The molecule has 0 amide bonds. The molecule has 0 aliphatic carbocycles. The lowest BCUT2D eigenvalue weighted by Crippen LogP contribution is -2.53. The van der Waals surface area contributed by atoms with Gasteiger partial charge in [0.25, 0.3) is 0 Å². The van der Waals surface area contributed by atoms with Crippen molar-refractivity contribution < 1.29 is 9.47 Å². The van der Waals surface area contributed by atoms with Crippen molar-refractivity contribution in [2.24, 2.45) is 10.9 Å². The molecule has 2 atom stereocenters. The fraction of sp³-hybridized carbons (Fsp3) is 0.682. The number of ether oxygens (including phenoxy) is 2. The highest BCUT2D eigenvalue weighted by Gasteiger charge is 2.34. The van der Waals surface area contributed by atoms with Crippen LogP contribution in [0.25, 0.3) is 0 Å². The Hall–Kier alpha value is -1.79. The van der Waals surface area contributed by atoms with Gasteiger partial charge in [-0.05, 0) is 25.8 Å². The lowest BCUT2D eigenvalue weighted by Gasteiger charge is -2.39. The Kier molecular flexibility index (Phi) is 6.83. The Labute approximate surface area is 169 Å². The average molecular weight is 389 g/mol. The van der Waals surface area contributed by atoms with Gasteiger partial charge in [0, 0.05) is 44.7 Å². The second kappa shape index (κ2) is 9.14. The largest absolute Gasteiger partial charge is 0.487 e. The first kappa shape index (κ1) is 20.9. The first-order chi connectivity index (χ1) is 13.4. The quantitative estimate of drug-likeness (QED) is 0.600. The van der Waals surface area contributed by atoms with Crippen LogP contribution in [-0.2, 0) is 4.74 Å². The number of nitrogens with one attached hydrogen (secondary N) is 2. The van der Waals surface area contributed by atoms with Gasteiger partial charge in [-0.2, -0.15) is 0 Å². The number of morpholine rings is 1. The second-order valence-electron chi connectivity index (χ2n) is 8.71. The molecule has 2 N–H and O–H groups in total. The molecule has 6 heteroatoms. The molecule has 0 aromatic heterocycles. The normalized spacial score (nSPS) is 23.6. The van der Waals surface area contributed by atoms with Gasteiger partial charge in [0.05, 0.1) is 19.3 Å². The van der Waals surface area contributed by atoms with Crippen LogP contribution in [0.1, 0.15) is 45.7 Å². The maximum absolute atomic E-state index is 6.15. The Morgan fingerprint density at radius 3 is 2.64 bits per heavy atom. The fourth-order valence-electron chi connectivity index (χ4n) is 4.19. The number of hydrogen-bond acceptors (Lipinski definition) is 4. The van der Waals surface area contributed by atoms with Crippen LogP contribution in [0.3, 0.4) is 0 Å². The summed E-state index contributed by atoms with van der Waals surface area (Å²) in [6.07, 6.45) is 0.891. The van der Waals surface area contributed by atoms with Crippen LogP contribution in [0.4, 0.5) is 0 Å². The SMILES string of the molecule is CN=C(NCC(C(C)C)N1CCOCC1)NC1CC(C)(C)Oc2ccccc21. The van der Waals surface area contributed by atoms with Crippen molar-refractivity contribution in [3.8, 4) is 5.75 Å². The third-order valence-corrected chi connectivity index (χ3v) is 5.67. The van der Waals surface area contributed by atoms with Crippen LogP contribution in [-0.4, -0.2) is 62.4 Å². The van der Waals surface area contributed by atoms with E-state index in [9.17, 15) is 0 Å². The zero-order valence-electron chi connectivity index (χ0n) is 18.0. The smallest absolute Gasteiger partial charge is 0.191 e. The van der Waals surface area contributed by atoms with E-state index < -0.39 is 0 Å². The minimum Gasteiger partial charge on any atom is -0.487 e. The number of nitrogens with zero attached hydrogens (tertiary/aromatic N) is 2. The molecule has 0 spiro atoms. The van der Waals surface area contributed by atoms with Gasteiger partial charge in [-0.15, -0.1) is 0 Å². The summed E-state index contributed by atoms with van der Waals surface area (Å²) in [5.41, 5.74) is 0.984. The molecule has 0 radical (unpaired) electrons. The summed E-state index contributed by atoms with van der Waals surface area (Å²) >= 11 is 0. The summed E-state index contributed by atoms with van der Waals surface area (Å²) in [4.78, 5) is 7.02. The van der Waals surface area contributed by atoms with Gasteiger partial charge in [0.2, 0.25) is 0 Å². The molecule has 3 rings (SSSR count). The molecule has 1 fully saturated rings. The molecule has 2 aliphatic heterocycles. The maximum atomic E-state index is 6.15. The molecular weight excluding hydrogens is 352 g/mol. The van der Waals surface area contributed by atoms with Gasteiger partial charge in [0.1, 0.15) is 11.4 Å². The van der Waals surface area contributed by atoms with Gasteiger partial charge in [0.15, 0.2) is 5.96 Å². The van der Waals surface area contributed by atoms with Crippen LogP contribution in [0, 0.1) is 5.92 Å². The number of para-hydroxylation sites is 1. The van der Waals surface area contributed by atoms with Gasteiger partial charge >= 0.3 is 0 Å². The molecular formula is C22H36N4O2. The van der Waals surface area contributed by atoms with E-state index in [4.69, 9.17) is 9.47 Å². The van der Waals surface area contributed by atoms with E-state index >= 15 is 0 Å². The van der Waals surface area contributed by atoms with Crippen molar-refractivity contribution in [1.82, 2.24) is 15.5 Å². The van der Waals surface area contributed by atoms with Gasteiger partial charge in [-0.1, -0.05) is 32.0 Å². The van der Waals surface area contributed by atoms with E-state index in [1.807, 2.05) is 19.2 Å². The van der Waals surface area contributed by atoms with E-state index in [2.05, 4.69) is 60.4 Å². The molecule has 0 bridgehead atoms. The topological polar surface area (TPSA) is 58.1 Å². The summed E-state index contributed by atoms with van der Waals surface area (Å²) in [7, 11) is 1.84. The lowest BCUT2D eigenvalue weighted by molar-refractivity contribution is 0.00749. The summed E-state index contributed by atoms with van der Waals surface area (Å²) in [6, 6.07) is 8.92. The zero-order valence-corrected chi connectivity index (χ0v) is 18.0. The first-order valence-electron chi connectivity index (χ1n) is 10.5. The molecule has 6 nitrogen and oxygen atoms in total. The maximum Gasteiger partial charge on any atom is 0.191 e. The molecule has 156 valence electrons. The van der Waals surface area contributed by atoms with Crippen LogP contribution < -0.4 is 15.4 Å². The van der Waals surface area contributed by atoms with Crippen molar-refractivity contribution in [2.45, 2.75) is 51.8 Å². The summed E-state index contributed by atoms with van der Waals surface area (Å²) in [5, 5.41) is 7.20. The number of benzene rings is 1. The number of hydrogen-bond donors (Lipinski definition) is 2. The van der Waals surface area contributed by atoms with Crippen molar-refractivity contribution in [1.29, 1.82) is 0 Å². The average Bonchev–Trinajstić information content (AvgIpc) is 2.66. The molecule has 0 saturated carbocycles. The number of guanidine groups is 1. The van der Waals surface area contributed by atoms with Crippen LogP contribution in [0.5, 0.6) is 5.75 Å². The monoisotopic (exact) mass is 388 g/mol. The zero-order chi connectivity index (χ0) is 20.1. The third kappa shape index (κ3) is 5.17. The van der Waals surface area contributed by atoms with E-state index in [0.29, 0.717) is 12.0 Å². The summed E-state index contributed by atoms with van der Waals surface area (Å²) < 4.78 is 11.7. The van der Waals surface area contributed by atoms with Crippen molar-refractivity contribution in [3.63, 3.8) is 0 Å². The Morgan fingerprint density at radius 2 is 1.96 bits per heavy atom. The highest BCUT2D eigenvalue weighted by Crippen LogP contribution is 2.39. The highest BCUT2D eigenvalue weighted by atomic mass is 16.5. The second-order valence-corrected chi connectivity index (χ2v) is 8.71. The van der Waals surface area contributed by atoms with E-state index in [0.717, 1.165) is 51.0 Å². The molecule has 2 aliphatic rings. The standard InChI is InChI=1S/C22H36N4O2/c1-16(2)19(26-10-12-27-13-11-26)15-24-21(23-5)25-18-14-22(3,4)28-20-9-7-6-8-17(18)20/h6-9,16,18-19H,10-15H2,1-5H3,(H2,23,24,25). The highest BCUT2D eigenvalue weighted by molar-refractivity contribution is 5.80. The third-order valence-electron chi connectivity index (χ3n) is 5.67. The Bertz CT molecular complexity index is 668. The van der Waals surface area contributed by atoms with E-state index in [-0.39, 0.29) is 11.6 Å². The lowest BCUT2D eigenvalue weighted by atomic mass is 9.90. The molecule has 2 heterocycles. The van der Waals surface area contributed by atoms with E-state index in [1.165, 1.54) is 5.56 Å². The molecule has 2 unspecified atom stereocenters. The fourth-order valence-corrected chi connectivity index (χ4v) is 4.19. The number of rotatable bonds is 5.